The van der Waals surface area contributed by atoms with Gasteiger partial charge in [-0.1, -0.05) is 5.92 Å². The third kappa shape index (κ3) is 2.65. The minimum Gasteiger partial charge on any atom is -0.383 e. The lowest BCUT2D eigenvalue weighted by Gasteiger charge is -2.25. The maximum absolute atomic E-state index is 14.9. The number of halogens is 1. The zero-order valence-electron chi connectivity index (χ0n) is 12.7. The predicted molar refractivity (Wildman–Crippen MR) is 82.1 cm³/mol. The molecule has 0 aliphatic carbocycles. The third-order valence-corrected chi connectivity index (χ3v) is 4.17. The fourth-order valence-corrected chi connectivity index (χ4v) is 2.88. The number of nitrogens with one attached hydrogen (secondary N) is 1. The highest BCUT2D eigenvalue weighted by atomic mass is 31.1. The van der Waals surface area contributed by atoms with E-state index in [1.807, 2.05) is 5.92 Å². The van der Waals surface area contributed by atoms with Crippen molar-refractivity contribution in [2.75, 3.05) is 12.3 Å². The Hall–Kier alpha value is -2.46. The highest BCUT2D eigenvalue weighted by Crippen LogP contribution is 2.46. The number of aromatic nitrogens is 4. The summed E-state index contributed by atoms with van der Waals surface area (Å²) in [5, 5.41) is 20.7. The molecule has 0 amide bonds. The number of terminal acetylenes is 1. The standard InChI is InChI=1S/C12H11FN5O7P/c1-2-11(21)8(20)12(13,3-24-26(22)23)25-9(11)18-4-15-5-6(18)16-10(14)17-7(5)19/h1,4,8-9,20-21H,3H2,(H3-,14,16,17,19,22,23)/p+1/t8-,9?,11+,12+/m0/s1. The number of nitrogens with two attached hydrogens (primary N) is 1. The molecule has 3 heterocycles. The second-order valence-electron chi connectivity index (χ2n) is 5.42. The maximum Gasteiger partial charge on any atom is 0.694 e. The van der Waals surface area contributed by atoms with Crippen LogP contribution < -0.4 is 11.3 Å². The van der Waals surface area contributed by atoms with Gasteiger partial charge in [0.05, 0.1) is 6.33 Å². The SMILES string of the molecule is C#C[C@]1(O)C(n2cnc3c(=O)[nH]c(N)nc32)O[C@](F)(CO[P+](=O)O)[C@H]1O. The zero-order valence-corrected chi connectivity index (χ0v) is 13.6. The first kappa shape index (κ1) is 18.3. The summed E-state index contributed by atoms with van der Waals surface area (Å²) in [6.45, 7) is -1.21. The van der Waals surface area contributed by atoms with Crippen LogP contribution in [0, 0.1) is 12.3 Å². The van der Waals surface area contributed by atoms with Crippen LogP contribution in [0.5, 0.6) is 0 Å². The van der Waals surface area contributed by atoms with Crippen LogP contribution in [-0.4, -0.2) is 58.8 Å². The Balaban J connectivity index is 2.11. The number of aliphatic hydroxyl groups is 2. The molecule has 26 heavy (non-hydrogen) atoms. The van der Waals surface area contributed by atoms with Gasteiger partial charge in [-0.15, -0.1) is 15.8 Å². The van der Waals surface area contributed by atoms with Gasteiger partial charge in [0, 0.05) is 4.57 Å². The van der Waals surface area contributed by atoms with Crippen molar-refractivity contribution >= 4 is 25.4 Å². The van der Waals surface area contributed by atoms with Crippen LogP contribution in [-0.2, 0) is 13.8 Å². The van der Waals surface area contributed by atoms with Gasteiger partial charge in [0.2, 0.25) is 11.5 Å². The van der Waals surface area contributed by atoms with Crippen molar-refractivity contribution in [3.05, 3.63) is 16.7 Å². The summed E-state index contributed by atoms with van der Waals surface area (Å²) >= 11 is 0. The number of hydrogen-bond donors (Lipinski definition) is 5. The topological polar surface area (TPSA) is 186 Å². The average molecular weight is 388 g/mol. The van der Waals surface area contributed by atoms with E-state index in [1.165, 1.54) is 0 Å². The average Bonchev–Trinajstić information content (AvgIpc) is 3.07. The van der Waals surface area contributed by atoms with Gasteiger partial charge in [0.15, 0.2) is 30.1 Å². The molecule has 6 N–H and O–H groups in total. The van der Waals surface area contributed by atoms with Gasteiger partial charge >= 0.3 is 8.25 Å². The summed E-state index contributed by atoms with van der Waals surface area (Å²) in [6, 6.07) is 0. The van der Waals surface area contributed by atoms with Crippen LogP contribution >= 0.6 is 8.25 Å². The molecule has 0 bridgehead atoms. The number of alkyl halides is 1. The number of fused-ring (bicyclic) bond motifs is 1. The fourth-order valence-electron chi connectivity index (χ4n) is 2.59. The molecular weight excluding hydrogens is 376 g/mol. The number of nitrogen functional groups attached to an aromatic ring is 1. The summed E-state index contributed by atoms with van der Waals surface area (Å²) in [5.41, 5.74) is 1.70. The number of imidazole rings is 1. The van der Waals surface area contributed by atoms with E-state index in [-0.39, 0.29) is 17.1 Å². The van der Waals surface area contributed by atoms with Gasteiger partial charge in [-0.3, -0.25) is 14.3 Å². The number of nitrogens with zero attached hydrogens (tertiary/aromatic N) is 3. The van der Waals surface area contributed by atoms with Crippen LogP contribution in [0.3, 0.4) is 0 Å². The number of ether oxygens (including phenoxy) is 1. The lowest BCUT2D eigenvalue weighted by Crippen LogP contribution is -2.50. The summed E-state index contributed by atoms with van der Waals surface area (Å²) in [4.78, 5) is 30.3. The van der Waals surface area contributed by atoms with Gasteiger partial charge in [0.25, 0.3) is 11.4 Å². The first-order valence-corrected chi connectivity index (χ1v) is 8.01. The van der Waals surface area contributed by atoms with Crippen LogP contribution in [0.2, 0.25) is 0 Å². The Labute approximate surface area is 144 Å². The van der Waals surface area contributed by atoms with Crippen molar-refractivity contribution in [2.45, 2.75) is 23.8 Å². The third-order valence-electron chi connectivity index (χ3n) is 3.82. The highest BCUT2D eigenvalue weighted by molar-refractivity contribution is 7.32. The smallest absolute Gasteiger partial charge is 0.383 e. The molecule has 0 aromatic carbocycles. The molecule has 1 aliphatic heterocycles. The van der Waals surface area contributed by atoms with Gasteiger partial charge in [-0.05, 0) is 0 Å². The van der Waals surface area contributed by atoms with Crippen LogP contribution in [0.4, 0.5) is 10.3 Å². The maximum atomic E-state index is 14.9. The van der Waals surface area contributed by atoms with Crippen molar-refractivity contribution in [1.29, 1.82) is 0 Å². The Morgan fingerprint density at radius 1 is 1.65 bits per heavy atom. The molecule has 1 saturated heterocycles. The summed E-state index contributed by atoms with van der Waals surface area (Å²) < 4.78 is 35.7. The monoisotopic (exact) mass is 388 g/mol. The van der Waals surface area contributed by atoms with E-state index in [9.17, 15) is 24.0 Å². The number of aromatic amines is 1. The van der Waals surface area contributed by atoms with Crippen molar-refractivity contribution in [1.82, 2.24) is 19.5 Å². The molecule has 5 atom stereocenters. The molecule has 3 rings (SSSR count). The van der Waals surface area contributed by atoms with E-state index >= 15 is 0 Å². The molecule has 0 spiro atoms. The molecule has 0 saturated carbocycles. The predicted octanol–water partition coefficient (Wildman–Crippen LogP) is -1.71. The van der Waals surface area contributed by atoms with E-state index < -0.39 is 44.2 Å². The summed E-state index contributed by atoms with van der Waals surface area (Å²) in [7, 11) is -3.21. The van der Waals surface area contributed by atoms with Crippen molar-refractivity contribution in [2.24, 2.45) is 0 Å². The number of anilines is 1. The number of hydrogen-bond acceptors (Lipinski definition) is 9. The second kappa shape index (κ2) is 6.06. The molecule has 1 fully saturated rings. The van der Waals surface area contributed by atoms with Gasteiger partial charge < -0.3 is 20.7 Å². The van der Waals surface area contributed by atoms with E-state index in [1.54, 1.807) is 0 Å². The fraction of sp³-hybridized carbons (Fsp3) is 0.417. The lowest BCUT2D eigenvalue weighted by atomic mass is 9.94. The first-order valence-electron chi connectivity index (χ1n) is 6.88. The minimum absolute atomic E-state index is 0.199. The Morgan fingerprint density at radius 2 is 2.35 bits per heavy atom. The van der Waals surface area contributed by atoms with Crippen LogP contribution in [0.1, 0.15) is 6.23 Å². The van der Waals surface area contributed by atoms with E-state index in [0.717, 1.165) is 10.9 Å². The Bertz CT molecular complexity index is 988. The van der Waals surface area contributed by atoms with Crippen molar-refractivity contribution in [3.63, 3.8) is 0 Å². The quantitative estimate of drug-likeness (QED) is 0.298. The first-order chi connectivity index (χ1) is 12.1. The van der Waals surface area contributed by atoms with E-state index in [0.29, 0.717) is 0 Å². The molecule has 138 valence electrons. The molecule has 12 nitrogen and oxygen atoms in total. The normalized spacial score (nSPS) is 31.9. The van der Waals surface area contributed by atoms with Crippen LogP contribution in [0.15, 0.2) is 11.1 Å². The molecule has 1 aliphatic rings. The summed E-state index contributed by atoms with van der Waals surface area (Å²) in [5.74, 6) is -1.61. The van der Waals surface area contributed by atoms with E-state index in [4.69, 9.17) is 21.8 Å². The van der Waals surface area contributed by atoms with Gasteiger partial charge in [-0.2, -0.15) is 4.98 Å². The van der Waals surface area contributed by atoms with Crippen LogP contribution in [0.25, 0.3) is 11.2 Å². The summed E-state index contributed by atoms with van der Waals surface area (Å²) in [6.07, 6.45) is 2.05. The minimum atomic E-state index is -3.21. The molecular formula is C12H12FN5O7P+. The number of aliphatic hydroxyl groups excluding tert-OH is 1. The van der Waals surface area contributed by atoms with Crippen molar-refractivity contribution in [3.8, 4) is 12.3 Å². The molecule has 2 unspecified atom stereocenters. The molecule has 0 radical (unpaired) electrons. The van der Waals surface area contributed by atoms with Gasteiger partial charge in [0.1, 0.15) is 0 Å². The Morgan fingerprint density at radius 3 is 2.96 bits per heavy atom. The van der Waals surface area contributed by atoms with Crippen molar-refractivity contribution < 1.29 is 33.3 Å². The zero-order chi connectivity index (χ0) is 19.3. The number of H-pyrrole nitrogens is 1. The van der Waals surface area contributed by atoms with Gasteiger partial charge in [-0.25, -0.2) is 9.37 Å². The number of rotatable bonds is 4. The molecule has 14 heteroatoms. The molecule has 2 aromatic heterocycles. The lowest BCUT2D eigenvalue weighted by molar-refractivity contribution is -0.202. The largest absolute Gasteiger partial charge is 0.694 e. The second-order valence-corrected chi connectivity index (χ2v) is 6.15. The molecule has 2 aromatic rings. The van der Waals surface area contributed by atoms with E-state index in [2.05, 4.69) is 19.5 Å². The highest BCUT2D eigenvalue weighted by Gasteiger charge is 2.66. The Kier molecular flexibility index (Phi) is 4.27.